The molecule has 0 saturated heterocycles. The van der Waals surface area contributed by atoms with Crippen molar-refractivity contribution in [3.05, 3.63) is 23.7 Å². The highest BCUT2D eigenvalue weighted by Crippen LogP contribution is 2.19. The molecule has 1 amide bonds. The summed E-state index contributed by atoms with van der Waals surface area (Å²) in [5, 5.41) is 0. The maximum Gasteiger partial charge on any atom is 0.268 e. The molecule has 0 unspecified atom stereocenters. The van der Waals surface area contributed by atoms with Crippen LogP contribution >= 0.6 is 0 Å². The SMILES string of the molecule is CCC(C)(C)OCc1occc1C(=O)NN. The lowest BCUT2D eigenvalue weighted by Crippen LogP contribution is -2.30. The molecule has 16 heavy (non-hydrogen) atoms. The zero-order chi connectivity index (χ0) is 12.2. The van der Waals surface area contributed by atoms with E-state index in [1.54, 1.807) is 6.07 Å². The van der Waals surface area contributed by atoms with Gasteiger partial charge in [-0.2, -0.15) is 0 Å². The molecular formula is C11H18N2O3. The standard InChI is InChI=1S/C11H18N2O3/c1-4-11(2,3)16-7-9-8(5-6-15-9)10(14)13-12/h5-6H,4,7,12H2,1-3H3,(H,13,14). The average molecular weight is 226 g/mol. The Morgan fingerprint density at radius 3 is 2.88 bits per heavy atom. The summed E-state index contributed by atoms with van der Waals surface area (Å²) >= 11 is 0. The number of hydrazine groups is 1. The van der Waals surface area contributed by atoms with E-state index in [0.29, 0.717) is 11.3 Å². The van der Waals surface area contributed by atoms with Crippen molar-refractivity contribution in [3.8, 4) is 0 Å². The van der Waals surface area contributed by atoms with Crippen molar-refractivity contribution in [2.24, 2.45) is 5.84 Å². The Balaban J connectivity index is 2.68. The fourth-order valence-corrected chi connectivity index (χ4v) is 1.10. The number of rotatable bonds is 5. The number of ether oxygens (including phenoxy) is 1. The molecule has 0 bridgehead atoms. The lowest BCUT2D eigenvalue weighted by atomic mass is 10.1. The van der Waals surface area contributed by atoms with Crippen LogP contribution in [0.3, 0.4) is 0 Å². The van der Waals surface area contributed by atoms with Gasteiger partial charge in [-0.1, -0.05) is 6.92 Å². The van der Waals surface area contributed by atoms with Gasteiger partial charge in [-0.3, -0.25) is 10.2 Å². The van der Waals surface area contributed by atoms with E-state index >= 15 is 0 Å². The normalized spacial score (nSPS) is 11.5. The molecule has 1 aromatic rings. The van der Waals surface area contributed by atoms with Crippen molar-refractivity contribution in [2.45, 2.75) is 39.4 Å². The number of hydrogen-bond donors (Lipinski definition) is 2. The van der Waals surface area contributed by atoms with Gasteiger partial charge in [-0.25, -0.2) is 5.84 Å². The number of hydrogen-bond acceptors (Lipinski definition) is 4. The van der Waals surface area contributed by atoms with Crippen LogP contribution in [0.5, 0.6) is 0 Å². The fourth-order valence-electron chi connectivity index (χ4n) is 1.10. The van der Waals surface area contributed by atoms with Gasteiger partial charge in [0.15, 0.2) is 0 Å². The highest BCUT2D eigenvalue weighted by atomic mass is 16.5. The first kappa shape index (κ1) is 12.7. The number of furan rings is 1. The van der Waals surface area contributed by atoms with Crippen LogP contribution in [0.1, 0.15) is 43.3 Å². The Labute approximate surface area is 94.9 Å². The van der Waals surface area contributed by atoms with Crippen molar-refractivity contribution < 1.29 is 13.9 Å². The van der Waals surface area contributed by atoms with E-state index in [0.717, 1.165) is 6.42 Å². The second-order valence-electron chi connectivity index (χ2n) is 4.13. The summed E-state index contributed by atoms with van der Waals surface area (Å²) in [5.41, 5.74) is 2.24. The van der Waals surface area contributed by atoms with Crippen LogP contribution in [0, 0.1) is 0 Å². The van der Waals surface area contributed by atoms with Gasteiger partial charge in [0.25, 0.3) is 5.91 Å². The summed E-state index contributed by atoms with van der Waals surface area (Å²) < 4.78 is 10.8. The van der Waals surface area contributed by atoms with Gasteiger partial charge >= 0.3 is 0 Å². The maximum atomic E-state index is 11.3. The highest BCUT2D eigenvalue weighted by molar-refractivity contribution is 5.94. The van der Waals surface area contributed by atoms with E-state index in [1.165, 1.54) is 6.26 Å². The van der Waals surface area contributed by atoms with E-state index < -0.39 is 0 Å². The van der Waals surface area contributed by atoms with Crippen LogP contribution in [0.25, 0.3) is 0 Å². The summed E-state index contributed by atoms with van der Waals surface area (Å²) in [6.45, 7) is 6.27. The van der Waals surface area contributed by atoms with E-state index in [9.17, 15) is 4.79 Å². The molecule has 0 spiro atoms. The second kappa shape index (κ2) is 5.14. The molecule has 1 aromatic heterocycles. The van der Waals surface area contributed by atoms with Gasteiger partial charge in [0.2, 0.25) is 0 Å². The minimum Gasteiger partial charge on any atom is -0.466 e. The lowest BCUT2D eigenvalue weighted by Gasteiger charge is -2.22. The zero-order valence-electron chi connectivity index (χ0n) is 9.87. The second-order valence-corrected chi connectivity index (χ2v) is 4.13. The lowest BCUT2D eigenvalue weighted by molar-refractivity contribution is -0.0386. The summed E-state index contributed by atoms with van der Waals surface area (Å²) in [4.78, 5) is 11.3. The topological polar surface area (TPSA) is 77.5 Å². The number of amides is 1. The van der Waals surface area contributed by atoms with Crippen molar-refractivity contribution in [1.29, 1.82) is 0 Å². The molecule has 0 aromatic carbocycles. The molecule has 1 rings (SSSR count). The van der Waals surface area contributed by atoms with Gasteiger partial charge in [-0.15, -0.1) is 0 Å². The Bertz CT molecular complexity index is 358. The molecule has 90 valence electrons. The van der Waals surface area contributed by atoms with Crippen LogP contribution in [0.2, 0.25) is 0 Å². The molecule has 0 saturated carbocycles. The van der Waals surface area contributed by atoms with Gasteiger partial charge in [0.1, 0.15) is 12.4 Å². The average Bonchev–Trinajstić information content (AvgIpc) is 2.73. The van der Waals surface area contributed by atoms with Crippen LogP contribution in [-0.4, -0.2) is 11.5 Å². The van der Waals surface area contributed by atoms with Crippen LogP contribution in [0.15, 0.2) is 16.7 Å². The van der Waals surface area contributed by atoms with Crippen molar-refractivity contribution >= 4 is 5.91 Å². The van der Waals surface area contributed by atoms with Gasteiger partial charge < -0.3 is 9.15 Å². The van der Waals surface area contributed by atoms with Gasteiger partial charge in [0.05, 0.1) is 17.4 Å². The van der Waals surface area contributed by atoms with Crippen LogP contribution in [0.4, 0.5) is 0 Å². The Morgan fingerprint density at radius 2 is 2.31 bits per heavy atom. The largest absolute Gasteiger partial charge is 0.466 e. The molecule has 0 radical (unpaired) electrons. The third-order valence-corrected chi connectivity index (χ3v) is 2.57. The zero-order valence-corrected chi connectivity index (χ0v) is 9.87. The van der Waals surface area contributed by atoms with E-state index in [2.05, 4.69) is 5.43 Å². The fraction of sp³-hybridized carbons (Fsp3) is 0.545. The molecule has 0 aliphatic rings. The minimum atomic E-state index is -0.373. The third kappa shape index (κ3) is 3.08. The summed E-state index contributed by atoms with van der Waals surface area (Å²) in [7, 11) is 0. The minimum absolute atomic E-state index is 0.233. The molecule has 0 fully saturated rings. The molecule has 0 aliphatic carbocycles. The molecular weight excluding hydrogens is 208 g/mol. The number of nitrogens with one attached hydrogen (secondary N) is 1. The number of nitrogen functional groups attached to an aromatic ring is 1. The van der Waals surface area contributed by atoms with E-state index in [4.69, 9.17) is 15.0 Å². The molecule has 0 aliphatic heterocycles. The van der Waals surface area contributed by atoms with E-state index in [1.807, 2.05) is 20.8 Å². The number of nitrogens with two attached hydrogens (primary N) is 1. The van der Waals surface area contributed by atoms with Crippen LogP contribution in [-0.2, 0) is 11.3 Å². The predicted molar refractivity (Wildman–Crippen MR) is 59.5 cm³/mol. The maximum absolute atomic E-state index is 11.3. The van der Waals surface area contributed by atoms with Gasteiger partial charge in [0, 0.05) is 0 Å². The summed E-state index contributed by atoms with van der Waals surface area (Å²) in [5.74, 6) is 5.18. The summed E-state index contributed by atoms with van der Waals surface area (Å²) in [6.07, 6.45) is 2.33. The first-order valence-corrected chi connectivity index (χ1v) is 5.21. The molecule has 1 heterocycles. The monoisotopic (exact) mass is 226 g/mol. The Hall–Kier alpha value is -1.33. The third-order valence-electron chi connectivity index (χ3n) is 2.57. The molecule has 0 atom stereocenters. The van der Waals surface area contributed by atoms with E-state index in [-0.39, 0.29) is 18.1 Å². The van der Waals surface area contributed by atoms with Crippen molar-refractivity contribution in [2.75, 3.05) is 0 Å². The highest BCUT2D eigenvalue weighted by Gasteiger charge is 2.19. The Morgan fingerprint density at radius 1 is 1.62 bits per heavy atom. The number of carbonyl (C=O) groups excluding carboxylic acids is 1. The number of carbonyl (C=O) groups is 1. The Kier molecular flexibility index (Phi) is 4.09. The first-order valence-electron chi connectivity index (χ1n) is 5.21. The van der Waals surface area contributed by atoms with Crippen LogP contribution < -0.4 is 11.3 Å². The predicted octanol–water partition coefficient (Wildman–Crippen LogP) is 1.59. The quantitative estimate of drug-likeness (QED) is 0.454. The first-order chi connectivity index (χ1) is 7.50. The molecule has 5 heteroatoms. The smallest absolute Gasteiger partial charge is 0.268 e. The molecule has 3 N–H and O–H groups in total. The van der Waals surface area contributed by atoms with Gasteiger partial charge in [-0.05, 0) is 26.3 Å². The van der Waals surface area contributed by atoms with Crippen molar-refractivity contribution in [1.82, 2.24) is 5.43 Å². The van der Waals surface area contributed by atoms with Crippen molar-refractivity contribution in [3.63, 3.8) is 0 Å². The molecule has 5 nitrogen and oxygen atoms in total. The summed E-state index contributed by atoms with van der Waals surface area (Å²) in [6, 6.07) is 1.57.